The molecule has 0 radical (unpaired) electrons. The maximum Gasteiger partial charge on any atom is 0.123 e. The number of benzene rings is 1. The topological polar surface area (TPSA) is 12.0 Å². The standard InChI is InChI=1S/C14H21ClFN/c1-3-14(4-2,10-15)11-17-9-12-6-5-7-13(16)8-12/h5-8,17H,3-4,9-11H2,1-2H3. The van der Waals surface area contributed by atoms with Gasteiger partial charge in [-0.3, -0.25) is 0 Å². The smallest absolute Gasteiger partial charge is 0.123 e. The van der Waals surface area contributed by atoms with E-state index in [1.807, 2.05) is 6.07 Å². The molecule has 0 fully saturated rings. The molecule has 0 atom stereocenters. The van der Waals surface area contributed by atoms with Crippen LogP contribution in [0.15, 0.2) is 24.3 Å². The maximum atomic E-state index is 13.0. The van der Waals surface area contributed by atoms with Gasteiger partial charge in [-0.1, -0.05) is 26.0 Å². The molecule has 0 unspecified atom stereocenters. The molecule has 0 saturated carbocycles. The number of rotatable bonds is 7. The molecule has 0 spiro atoms. The Balaban J connectivity index is 2.46. The lowest BCUT2D eigenvalue weighted by atomic mass is 9.84. The van der Waals surface area contributed by atoms with Gasteiger partial charge in [0.1, 0.15) is 5.82 Å². The van der Waals surface area contributed by atoms with E-state index in [0.29, 0.717) is 12.4 Å². The SMILES string of the molecule is CCC(CC)(CCl)CNCc1cccc(F)c1. The first-order chi connectivity index (χ1) is 8.15. The van der Waals surface area contributed by atoms with Gasteiger partial charge >= 0.3 is 0 Å². The van der Waals surface area contributed by atoms with Crippen LogP contribution < -0.4 is 5.32 Å². The van der Waals surface area contributed by atoms with Crippen LogP contribution in [0, 0.1) is 11.2 Å². The highest BCUT2D eigenvalue weighted by Crippen LogP contribution is 2.26. The second-order valence-corrected chi connectivity index (χ2v) is 4.84. The Labute approximate surface area is 108 Å². The van der Waals surface area contributed by atoms with Crippen molar-refractivity contribution in [1.29, 1.82) is 0 Å². The van der Waals surface area contributed by atoms with Crippen molar-refractivity contribution in [3.8, 4) is 0 Å². The minimum absolute atomic E-state index is 0.162. The Kier molecular flexibility index (Phi) is 5.93. The summed E-state index contributed by atoms with van der Waals surface area (Å²) < 4.78 is 13.0. The molecule has 0 heterocycles. The van der Waals surface area contributed by atoms with Crippen molar-refractivity contribution in [2.75, 3.05) is 12.4 Å². The number of alkyl halides is 1. The quantitative estimate of drug-likeness (QED) is 0.729. The number of hydrogen-bond acceptors (Lipinski definition) is 1. The number of hydrogen-bond donors (Lipinski definition) is 1. The Hall–Kier alpha value is -0.600. The van der Waals surface area contributed by atoms with Crippen molar-refractivity contribution in [2.45, 2.75) is 33.2 Å². The molecule has 0 aliphatic heterocycles. The minimum atomic E-state index is -0.182. The summed E-state index contributed by atoms with van der Waals surface area (Å²) in [5.74, 6) is 0.481. The molecule has 0 saturated heterocycles. The van der Waals surface area contributed by atoms with Gasteiger partial charge in [0.05, 0.1) is 0 Å². The maximum absolute atomic E-state index is 13.0. The average Bonchev–Trinajstić information content (AvgIpc) is 2.35. The van der Waals surface area contributed by atoms with E-state index in [-0.39, 0.29) is 11.2 Å². The van der Waals surface area contributed by atoms with E-state index in [1.165, 1.54) is 6.07 Å². The van der Waals surface area contributed by atoms with Crippen LogP contribution in [0.3, 0.4) is 0 Å². The Morgan fingerprint density at radius 1 is 1.29 bits per heavy atom. The van der Waals surface area contributed by atoms with Crippen molar-refractivity contribution in [1.82, 2.24) is 5.32 Å². The Morgan fingerprint density at radius 3 is 2.53 bits per heavy atom. The zero-order valence-corrected chi connectivity index (χ0v) is 11.4. The van der Waals surface area contributed by atoms with Crippen LogP contribution in [0.4, 0.5) is 4.39 Å². The molecule has 1 aromatic carbocycles. The van der Waals surface area contributed by atoms with Gasteiger partial charge < -0.3 is 5.32 Å². The summed E-state index contributed by atoms with van der Waals surface area (Å²) in [4.78, 5) is 0. The molecule has 0 aliphatic rings. The number of halogens is 2. The van der Waals surface area contributed by atoms with Crippen molar-refractivity contribution in [3.05, 3.63) is 35.6 Å². The lowest BCUT2D eigenvalue weighted by molar-refractivity contribution is 0.286. The molecule has 0 aliphatic carbocycles. The lowest BCUT2D eigenvalue weighted by Gasteiger charge is -2.29. The van der Waals surface area contributed by atoms with Crippen LogP contribution in [0.25, 0.3) is 0 Å². The van der Waals surface area contributed by atoms with Gasteiger partial charge in [0.2, 0.25) is 0 Å². The van der Waals surface area contributed by atoms with Gasteiger partial charge in [0, 0.05) is 19.0 Å². The first-order valence-electron chi connectivity index (χ1n) is 6.17. The predicted octanol–water partition coefficient (Wildman–Crippen LogP) is 3.96. The summed E-state index contributed by atoms with van der Waals surface area (Å²) in [7, 11) is 0. The van der Waals surface area contributed by atoms with Gasteiger partial charge in [-0.05, 0) is 36.0 Å². The van der Waals surface area contributed by atoms with E-state index in [0.717, 1.165) is 24.9 Å². The molecule has 1 aromatic rings. The number of nitrogens with one attached hydrogen (secondary N) is 1. The summed E-state index contributed by atoms with van der Waals surface area (Å²) in [6.45, 7) is 5.89. The van der Waals surface area contributed by atoms with Gasteiger partial charge in [-0.15, -0.1) is 11.6 Å². The van der Waals surface area contributed by atoms with Gasteiger partial charge in [-0.2, -0.15) is 0 Å². The van der Waals surface area contributed by atoms with E-state index in [4.69, 9.17) is 11.6 Å². The molecule has 3 heteroatoms. The molecule has 0 bridgehead atoms. The van der Waals surface area contributed by atoms with Crippen LogP contribution in [-0.2, 0) is 6.54 Å². The zero-order chi connectivity index (χ0) is 12.7. The Morgan fingerprint density at radius 2 is 2.00 bits per heavy atom. The lowest BCUT2D eigenvalue weighted by Crippen LogP contribution is -2.34. The molecule has 1 nitrogen and oxygen atoms in total. The summed E-state index contributed by atoms with van der Waals surface area (Å²) in [5.41, 5.74) is 1.13. The monoisotopic (exact) mass is 257 g/mol. The fraction of sp³-hybridized carbons (Fsp3) is 0.571. The van der Waals surface area contributed by atoms with E-state index >= 15 is 0 Å². The summed E-state index contributed by atoms with van der Waals surface area (Å²) in [6, 6.07) is 6.69. The van der Waals surface area contributed by atoms with Crippen LogP contribution in [0.5, 0.6) is 0 Å². The first kappa shape index (κ1) is 14.5. The second kappa shape index (κ2) is 6.97. The van der Waals surface area contributed by atoms with E-state index < -0.39 is 0 Å². The van der Waals surface area contributed by atoms with Crippen LogP contribution in [0.2, 0.25) is 0 Å². The van der Waals surface area contributed by atoms with Crippen LogP contribution in [-0.4, -0.2) is 12.4 Å². The highest BCUT2D eigenvalue weighted by molar-refractivity contribution is 6.18. The van der Waals surface area contributed by atoms with Crippen molar-refractivity contribution in [3.63, 3.8) is 0 Å². The molecular weight excluding hydrogens is 237 g/mol. The third-order valence-electron chi connectivity index (χ3n) is 3.50. The first-order valence-corrected chi connectivity index (χ1v) is 6.70. The van der Waals surface area contributed by atoms with Crippen molar-refractivity contribution < 1.29 is 4.39 Å². The average molecular weight is 258 g/mol. The summed E-state index contributed by atoms with van der Waals surface area (Å²) >= 11 is 6.03. The van der Waals surface area contributed by atoms with E-state index in [2.05, 4.69) is 19.2 Å². The normalized spacial score (nSPS) is 11.8. The molecule has 0 amide bonds. The minimum Gasteiger partial charge on any atom is -0.312 e. The third-order valence-corrected chi connectivity index (χ3v) is 4.07. The summed E-state index contributed by atoms with van der Waals surface area (Å²) in [5, 5.41) is 3.37. The largest absolute Gasteiger partial charge is 0.312 e. The zero-order valence-electron chi connectivity index (χ0n) is 10.6. The molecular formula is C14H21ClFN. The predicted molar refractivity (Wildman–Crippen MR) is 71.8 cm³/mol. The second-order valence-electron chi connectivity index (χ2n) is 4.57. The fourth-order valence-electron chi connectivity index (χ4n) is 1.86. The highest BCUT2D eigenvalue weighted by atomic mass is 35.5. The highest BCUT2D eigenvalue weighted by Gasteiger charge is 2.24. The van der Waals surface area contributed by atoms with Gasteiger partial charge in [0.25, 0.3) is 0 Å². The molecule has 96 valence electrons. The molecule has 1 rings (SSSR count). The van der Waals surface area contributed by atoms with Crippen molar-refractivity contribution in [2.24, 2.45) is 5.41 Å². The van der Waals surface area contributed by atoms with Crippen molar-refractivity contribution >= 4 is 11.6 Å². The Bertz CT molecular complexity index is 328. The third kappa shape index (κ3) is 4.29. The van der Waals surface area contributed by atoms with Gasteiger partial charge in [0.15, 0.2) is 0 Å². The molecule has 1 N–H and O–H groups in total. The molecule has 17 heavy (non-hydrogen) atoms. The fourth-order valence-corrected chi connectivity index (χ4v) is 2.33. The molecule has 0 aromatic heterocycles. The van der Waals surface area contributed by atoms with Gasteiger partial charge in [-0.25, -0.2) is 4.39 Å². The van der Waals surface area contributed by atoms with Crippen LogP contribution in [0.1, 0.15) is 32.3 Å². The summed E-state index contributed by atoms with van der Waals surface area (Å²) in [6.07, 6.45) is 2.12. The van der Waals surface area contributed by atoms with E-state index in [9.17, 15) is 4.39 Å². The van der Waals surface area contributed by atoms with Crippen LogP contribution >= 0.6 is 11.6 Å². The van der Waals surface area contributed by atoms with E-state index in [1.54, 1.807) is 12.1 Å².